The smallest absolute Gasteiger partial charge is 0.233 e. The molecule has 1 aromatic heterocycles. The monoisotopic (exact) mass is 425 g/mol. The molecule has 2 aromatic carbocycles. The third-order valence-electron chi connectivity index (χ3n) is 4.91. The fourth-order valence-electron chi connectivity index (χ4n) is 3.04. The Hall–Kier alpha value is -3.00. The Morgan fingerprint density at radius 2 is 1.73 bits per heavy atom. The van der Waals surface area contributed by atoms with E-state index in [0.29, 0.717) is 17.5 Å². The van der Waals surface area contributed by atoms with Gasteiger partial charge in [-0.15, -0.1) is 10.2 Å². The number of thioether (sulfide) groups is 1. The second kappa shape index (κ2) is 9.67. The van der Waals surface area contributed by atoms with Gasteiger partial charge < -0.3 is 15.5 Å². The number of amides is 1. The molecular formula is C22H27N5O2S. The lowest BCUT2D eigenvalue weighted by Crippen LogP contribution is -2.28. The molecule has 0 aliphatic carbocycles. The third-order valence-corrected chi connectivity index (χ3v) is 5.84. The number of ether oxygens (including phenoxy) is 1. The van der Waals surface area contributed by atoms with E-state index in [4.69, 9.17) is 10.6 Å². The Labute approximate surface area is 181 Å². The number of hydrogen-bond donors (Lipinski definition) is 1. The summed E-state index contributed by atoms with van der Waals surface area (Å²) in [5, 5.41) is 8.69. The first-order chi connectivity index (χ1) is 14.4. The molecule has 3 rings (SSSR count). The molecule has 0 radical (unpaired) electrons. The summed E-state index contributed by atoms with van der Waals surface area (Å²) in [7, 11) is 1.80. The lowest BCUT2D eigenvalue weighted by atomic mass is 10.1. The number of hydrogen-bond acceptors (Lipinski definition) is 6. The first kappa shape index (κ1) is 21.7. The molecule has 0 aliphatic rings. The van der Waals surface area contributed by atoms with Gasteiger partial charge in [-0.3, -0.25) is 4.79 Å². The maximum absolute atomic E-state index is 12.5. The molecule has 30 heavy (non-hydrogen) atoms. The number of rotatable bonds is 8. The molecule has 7 nitrogen and oxygen atoms in total. The number of carbonyl (C=O) groups excluding carboxylic acids is 1. The molecule has 1 amide bonds. The second-order valence-electron chi connectivity index (χ2n) is 7.24. The van der Waals surface area contributed by atoms with E-state index in [0.717, 1.165) is 22.4 Å². The van der Waals surface area contributed by atoms with Crippen LogP contribution in [-0.2, 0) is 17.9 Å². The minimum absolute atomic E-state index is 0.000381. The summed E-state index contributed by atoms with van der Waals surface area (Å²) < 4.78 is 7.28. The van der Waals surface area contributed by atoms with Gasteiger partial charge in [-0.1, -0.05) is 54.2 Å². The zero-order chi connectivity index (χ0) is 21.7. The van der Waals surface area contributed by atoms with Crippen molar-refractivity contribution in [1.29, 1.82) is 0 Å². The normalized spacial score (nSPS) is 10.8. The first-order valence-corrected chi connectivity index (χ1v) is 10.6. The minimum atomic E-state index is -0.000381. The van der Waals surface area contributed by atoms with Gasteiger partial charge in [-0.2, -0.15) is 0 Å². The van der Waals surface area contributed by atoms with Crippen LogP contribution < -0.4 is 10.6 Å². The predicted molar refractivity (Wildman–Crippen MR) is 119 cm³/mol. The van der Waals surface area contributed by atoms with E-state index in [1.165, 1.54) is 22.0 Å². The van der Waals surface area contributed by atoms with Gasteiger partial charge >= 0.3 is 0 Å². The highest BCUT2D eigenvalue weighted by atomic mass is 32.2. The van der Waals surface area contributed by atoms with Crippen LogP contribution in [-0.4, -0.2) is 38.5 Å². The Morgan fingerprint density at radius 3 is 2.43 bits per heavy atom. The number of nitrogen functional groups attached to an aromatic ring is 1. The fraction of sp³-hybridized carbons (Fsp3) is 0.318. The summed E-state index contributed by atoms with van der Waals surface area (Å²) >= 11 is 1.26. The zero-order valence-corrected chi connectivity index (χ0v) is 18.6. The quantitative estimate of drug-likeness (QED) is 0.440. The van der Waals surface area contributed by atoms with Crippen molar-refractivity contribution in [1.82, 2.24) is 19.8 Å². The SMILES string of the molecule is Cc1ccccc1CN(C)C(=O)CSc1nnc(COc2c(C)cccc2C)n1N. The van der Waals surface area contributed by atoms with Crippen molar-refractivity contribution in [2.24, 2.45) is 0 Å². The van der Waals surface area contributed by atoms with Crippen LogP contribution in [0.2, 0.25) is 0 Å². The number of nitrogens with two attached hydrogens (primary N) is 1. The van der Waals surface area contributed by atoms with Gasteiger partial charge in [0.05, 0.1) is 5.75 Å². The standard InChI is InChI=1S/C22H27N5O2S/c1-15-8-5-6-11-18(15)12-26(4)20(28)14-30-22-25-24-19(27(22)23)13-29-21-16(2)9-7-10-17(21)3/h5-11H,12-14,23H2,1-4H3. The molecule has 158 valence electrons. The molecule has 0 spiro atoms. The molecule has 0 unspecified atom stereocenters. The maximum atomic E-state index is 12.5. The van der Waals surface area contributed by atoms with Crippen LogP contribution >= 0.6 is 11.8 Å². The average molecular weight is 426 g/mol. The third kappa shape index (κ3) is 5.13. The molecule has 0 aliphatic heterocycles. The molecule has 2 N–H and O–H groups in total. The largest absolute Gasteiger partial charge is 0.485 e. The van der Waals surface area contributed by atoms with Crippen molar-refractivity contribution in [2.75, 3.05) is 18.6 Å². The van der Waals surface area contributed by atoms with Crippen LogP contribution in [0, 0.1) is 20.8 Å². The van der Waals surface area contributed by atoms with Crippen LogP contribution in [0.15, 0.2) is 47.6 Å². The topological polar surface area (TPSA) is 86.3 Å². The summed E-state index contributed by atoms with van der Waals surface area (Å²) in [6.07, 6.45) is 0. The number of aromatic nitrogens is 3. The van der Waals surface area contributed by atoms with Crippen LogP contribution in [0.1, 0.15) is 28.1 Å². The van der Waals surface area contributed by atoms with Gasteiger partial charge in [0.15, 0.2) is 5.82 Å². The van der Waals surface area contributed by atoms with Crippen molar-refractivity contribution in [3.05, 3.63) is 70.5 Å². The van der Waals surface area contributed by atoms with Gasteiger partial charge in [0.1, 0.15) is 12.4 Å². The molecule has 3 aromatic rings. The predicted octanol–water partition coefficient (Wildman–Crippen LogP) is 3.25. The number of carbonyl (C=O) groups is 1. The van der Waals surface area contributed by atoms with Gasteiger partial charge in [-0.05, 0) is 43.0 Å². The van der Waals surface area contributed by atoms with E-state index < -0.39 is 0 Å². The maximum Gasteiger partial charge on any atom is 0.233 e. The van der Waals surface area contributed by atoms with Gasteiger partial charge in [-0.25, -0.2) is 4.68 Å². The lowest BCUT2D eigenvalue weighted by Gasteiger charge is -2.18. The van der Waals surface area contributed by atoms with Crippen molar-refractivity contribution >= 4 is 17.7 Å². The fourth-order valence-corrected chi connectivity index (χ4v) is 3.85. The average Bonchev–Trinajstić information content (AvgIpc) is 3.07. The summed E-state index contributed by atoms with van der Waals surface area (Å²) in [4.78, 5) is 14.2. The Morgan fingerprint density at radius 1 is 1.07 bits per heavy atom. The van der Waals surface area contributed by atoms with Crippen LogP contribution in [0.4, 0.5) is 0 Å². The van der Waals surface area contributed by atoms with Crippen LogP contribution in [0.25, 0.3) is 0 Å². The Bertz CT molecular complexity index is 1010. The van der Waals surface area contributed by atoms with E-state index in [1.807, 2.05) is 63.2 Å². The molecule has 8 heteroatoms. The van der Waals surface area contributed by atoms with E-state index in [9.17, 15) is 4.79 Å². The van der Waals surface area contributed by atoms with Crippen molar-refractivity contribution in [3.8, 4) is 5.75 Å². The number of aryl methyl sites for hydroxylation is 3. The van der Waals surface area contributed by atoms with E-state index >= 15 is 0 Å². The molecule has 0 saturated heterocycles. The molecule has 1 heterocycles. The van der Waals surface area contributed by atoms with E-state index in [-0.39, 0.29) is 18.3 Å². The van der Waals surface area contributed by atoms with E-state index in [2.05, 4.69) is 10.2 Å². The van der Waals surface area contributed by atoms with Gasteiger partial charge in [0.2, 0.25) is 11.1 Å². The highest BCUT2D eigenvalue weighted by molar-refractivity contribution is 7.99. The summed E-state index contributed by atoms with van der Waals surface area (Å²) in [6.45, 7) is 6.81. The Balaban J connectivity index is 1.56. The number of benzene rings is 2. The molecule has 0 atom stereocenters. The highest BCUT2D eigenvalue weighted by Gasteiger charge is 2.16. The van der Waals surface area contributed by atoms with E-state index in [1.54, 1.807) is 11.9 Å². The summed E-state index contributed by atoms with van der Waals surface area (Å²) in [6, 6.07) is 14.0. The minimum Gasteiger partial charge on any atom is -0.485 e. The van der Waals surface area contributed by atoms with Gasteiger partial charge in [0.25, 0.3) is 0 Å². The lowest BCUT2D eigenvalue weighted by molar-refractivity contribution is -0.127. The molecule has 0 saturated carbocycles. The van der Waals surface area contributed by atoms with Gasteiger partial charge in [0, 0.05) is 13.6 Å². The number of nitrogens with zero attached hydrogens (tertiary/aromatic N) is 4. The summed E-state index contributed by atoms with van der Waals surface area (Å²) in [5.74, 6) is 7.67. The molecule has 0 bridgehead atoms. The van der Waals surface area contributed by atoms with Crippen molar-refractivity contribution in [2.45, 2.75) is 39.1 Å². The first-order valence-electron chi connectivity index (χ1n) is 9.66. The van der Waals surface area contributed by atoms with Crippen molar-refractivity contribution in [3.63, 3.8) is 0 Å². The molecule has 0 fully saturated rings. The van der Waals surface area contributed by atoms with Crippen LogP contribution in [0.5, 0.6) is 5.75 Å². The highest BCUT2D eigenvalue weighted by Crippen LogP contribution is 2.24. The number of para-hydroxylation sites is 1. The van der Waals surface area contributed by atoms with Crippen LogP contribution in [0.3, 0.4) is 0 Å². The zero-order valence-electron chi connectivity index (χ0n) is 17.8. The second-order valence-corrected chi connectivity index (χ2v) is 8.19. The van der Waals surface area contributed by atoms with Crippen molar-refractivity contribution < 1.29 is 9.53 Å². The Kier molecular flexibility index (Phi) is 6.99. The molecular weight excluding hydrogens is 398 g/mol. The summed E-state index contributed by atoms with van der Waals surface area (Å²) in [5.41, 5.74) is 4.40.